The minimum absolute atomic E-state index is 0.00240. The number of hydrogen-bond donors (Lipinski definition) is 0. The third kappa shape index (κ3) is 3.80. The monoisotopic (exact) mass is 403 g/mol. The molecule has 1 aliphatic rings. The van der Waals surface area contributed by atoms with Gasteiger partial charge in [-0.15, -0.1) is 11.8 Å². The van der Waals surface area contributed by atoms with E-state index in [9.17, 15) is 18.4 Å². The lowest BCUT2D eigenvalue weighted by Gasteiger charge is -2.16. The summed E-state index contributed by atoms with van der Waals surface area (Å²) in [7, 11) is 0. The molecule has 0 aromatic heterocycles. The van der Waals surface area contributed by atoms with Crippen molar-refractivity contribution in [2.24, 2.45) is 0 Å². The van der Waals surface area contributed by atoms with Gasteiger partial charge < -0.3 is 4.74 Å². The second-order valence-electron chi connectivity index (χ2n) is 6.37. The van der Waals surface area contributed by atoms with Crippen LogP contribution in [0.25, 0.3) is 5.57 Å². The van der Waals surface area contributed by atoms with Gasteiger partial charge >= 0.3 is 0 Å². The molecule has 28 heavy (non-hydrogen) atoms. The van der Waals surface area contributed by atoms with Gasteiger partial charge in [0.1, 0.15) is 17.4 Å². The van der Waals surface area contributed by atoms with Gasteiger partial charge in [0, 0.05) is 6.07 Å². The van der Waals surface area contributed by atoms with Crippen molar-refractivity contribution < 1.29 is 23.1 Å². The van der Waals surface area contributed by atoms with Gasteiger partial charge in [0.15, 0.2) is 0 Å². The van der Waals surface area contributed by atoms with E-state index in [2.05, 4.69) is 0 Å². The number of nitrogens with zero attached hydrogens (tertiary/aromatic N) is 1. The Morgan fingerprint density at radius 2 is 1.71 bits per heavy atom. The van der Waals surface area contributed by atoms with E-state index in [1.807, 2.05) is 20.8 Å². The third-order valence-corrected chi connectivity index (χ3v) is 4.95. The zero-order valence-corrected chi connectivity index (χ0v) is 16.5. The second kappa shape index (κ2) is 8.14. The molecule has 0 radical (unpaired) electrons. The molecule has 3 rings (SSSR count). The number of rotatable bonds is 6. The van der Waals surface area contributed by atoms with E-state index in [1.165, 1.54) is 11.8 Å². The molecule has 1 heterocycles. The molecule has 1 aliphatic heterocycles. The Morgan fingerprint density at radius 3 is 2.32 bits per heavy atom. The summed E-state index contributed by atoms with van der Waals surface area (Å²) in [5.74, 6) is -1.72. The normalized spacial score (nSPS) is 14.4. The maximum absolute atomic E-state index is 14.2. The first-order valence-electron chi connectivity index (χ1n) is 8.81. The molecule has 0 spiro atoms. The van der Waals surface area contributed by atoms with Crippen molar-refractivity contribution in [2.45, 2.75) is 26.9 Å². The summed E-state index contributed by atoms with van der Waals surface area (Å²) >= 11 is 1.20. The first-order valence-corrected chi connectivity index (χ1v) is 9.80. The summed E-state index contributed by atoms with van der Waals surface area (Å²) in [6.45, 7) is 5.64. The van der Waals surface area contributed by atoms with Gasteiger partial charge in [-0.1, -0.05) is 19.1 Å². The van der Waals surface area contributed by atoms with Crippen LogP contribution in [0.2, 0.25) is 0 Å². The van der Waals surface area contributed by atoms with Crippen LogP contribution >= 0.6 is 11.8 Å². The van der Waals surface area contributed by atoms with Gasteiger partial charge in [-0.3, -0.25) is 9.59 Å². The van der Waals surface area contributed by atoms with E-state index in [0.29, 0.717) is 22.0 Å². The van der Waals surface area contributed by atoms with Crippen molar-refractivity contribution >= 4 is 34.8 Å². The minimum atomic E-state index is -0.842. The number of ether oxygens (including phenoxy) is 1. The summed E-state index contributed by atoms with van der Waals surface area (Å²) in [5.41, 5.74) is 0.306. The molecule has 0 bridgehead atoms. The number of hydrogen-bond acceptors (Lipinski definition) is 4. The minimum Gasteiger partial charge on any atom is -0.491 e. The number of carbonyl (C=O) groups is 2. The van der Waals surface area contributed by atoms with Gasteiger partial charge in [0.25, 0.3) is 11.8 Å². The van der Waals surface area contributed by atoms with E-state index < -0.39 is 23.4 Å². The molecule has 2 amide bonds. The summed E-state index contributed by atoms with van der Waals surface area (Å²) in [4.78, 5) is 26.8. The van der Waals surface area contributed by atoms with Crippen LogP contribution in [0.3, 0.4) is 0 Å². The Bertz CT molecular complexity index is 955. The quantitative estimate of drug-likeness (QED) is 0.651. The van der Waals surface area contributed by atoms with Crippen LogP contribution in [0.1, 0.15) is 26.3 Å². The van der Waals surface area contributed by atoms with E-state index in [4.69, 9.17) is 4.74 Å². The van der Waals surface area contributed by atoms with Crippen molar-refractivity contribution in [1.29, 1.82) is 0 Å². The van der Waals surface area contributed by atoms with Gasteiger partial charge in [-0.05, 0) is 49.4 Å². The maximum atomic E-state index is 14.2. The maximum Gasteiger partial charge on any atom is 0.272 e. The highest BCUT2D eigenvalue weighted by Crippen LogP contribution is 2.39. The Balaban J connectivity index is 2.04. The largest absolute Gasteiger partial charge is 0.491 e. The van der Waals surface area contributed by atoms with Crippen molar-refractivity contribution in [3.63, 3.8) is 0 Å². The zero-order valence-electron chi connectivity index (χ0n) is 15.7. The fourth-order valence-corrected chi connectivity index (χ4v) is 3.74. The fourth-order valence-electron chi connectivity index (χ4n) is 2.89. The highest BCUT2D eigenvalue weighted by atomic mass is 32.2. The van der Waals surface area contributed by atoms with Crippen LogP contribution in [0, 0.1) is 11.6 Å². The number of carbonyl (C=O) groups excluding carboxylic acids is 2. The molecule has 0 saturated heterocycles. The SMILES string of the molecule is CCSC1=C(c2ccc(OC(C)C)cc2)C(=O)N(c2cc(F)ccc2F)C1=O. The Hall–Kier alpha value is -2.67. The standard InChI is InChI=1S/C21H19F2NO3S/c1-4-28-19-18(13-5-8-15(9-6-13)27-12(2)3)20(25)24(21(19)26)17-11-14(22)7-10-16(17)23/h5-12H,4H2,1-3H3. The van der Waals surface area contributed by atoms with E-state index >= 15 is 0 Å². The number of benzene rings is 2. The zero-order chi connectivity index (χ0) is 20.4. The molecule has 0 saturated carbocycles. The first-order chi connectivity index (χ1) is 13.3. The molecule has 0 N–H and O–H groups in total. The summed E-state index contributed by atoms with van der Waals surface area (Å²) in [5, 5.41) is 0. The smallest absolute Gasteiger partial charge is 0.272 e. The van der Waals surface area contributed by atoms with Crippen LogP contribution in [0.4, 0.5) is 14.5 Å². The molecule has 0 atom stereocenters. The summed E-state index contributed by atoms with van der Waals surface area (Å²) in [6.07, 6.45) is -0.00240. The Kier molecular flexibility index (Phi) is 5.84. The van der Waals surface area contributed by atoms with Crippen molar-refractivity contribution in [3.05, 3.63) is 64.6 Å². The lowest BCUT2D eigenvalue weighted by Crippen LogP contribution is -2.32. The molecule has 0 fully saturated rings. The molecule has 7 heteroatoms. The summed E-state index contributed by atoms with van der Waals surface area (Å²) < 4.78 is 33.4. The number of amides is 2. The van der Waals surface area contributed by atoms with Gasteiger partial charge in [0.05, 0.1) is 22.3 Å². The van der Waals surface area contributed by atoms with E-state index in [0.717, 1.165) is 18.2 Å². The third-order valence-electron chi connectivity index (χ3n) is 3.99. The Labute approximate surface area is 166 Å². The fraction of sp³-hybridized carbons (Fsp3) is 0.238. The molecule has 2 aromatic rings. The number of thioether (sulfide) groups is 1. The van der Waals surface area contributed by atoms with Crippen LogP contribution in [-0.2, 0) is 9.59 Å². The predicted molar refractivity (Wildman–Crippen MR) is 106 cm³/mol. The number of halogens is 2. The number of imide groups is 1. The molecule has 0 unspecified atom stereocenters. The van der Waals surface area contributed by atoms with Gasteiger partial charge in [-0.2, -0.15) is 0 Å². The highest BCUT2D eigenvalue weighted by Gasteiger charge is 2.41. The lowest BCUT2D eigenvalue weighted by atomic mass is 10.1. The second-order valence-corrected chi connectivity index (χ2v) is 7.64. The van der Waals surface area contributed by atoms with E-state index in [-0.39, 0.29) is 22.3 Å². The first kappa shape index (κ1) is 20.1. The van der Waals surface area contributed by atoms with E-state index in [1.54, 1.807) is 24.3 Å². The highest BCUT2D eigenvalue weighted by molar-refractivity contribution is 8.04. The molecular formula is C21H19F2NO3S. The average molecular weight is 403 g/mol. The van der Waals surface area contributed by atoms with Crippen molar-refractivity contribution in [2.75, 3.05) is 10.7 Å². The molecule has 2 aromatic carbocycles. The topological polar surface area (TPSA) is 46.6 Å². The van der Waals surface area contributed by atoms with Crippen LogP contribution in [0.5, 0.6) is 5.75 Å². The van der Waals surface area contributed by atoms with Gasteiger partial charge in [0.2, 0.25) is 0 Å². The predicted octanol–water partition coefficient (Wildman–Crippen LogP) is 4.79. The number of anilines is 1. The molecule has 4 nitrogen and oxygen atoms in total. The van der Waals surface area contributed by atoms with Gasteiger partial charge in [-0.25, -0.2) is 13.7 Å². The molecule has 146 valence electrons. The van der Waals surface area contributed by atoms with Crippen LogP contribution in [0.15, 0.2) is 47.4 Å². The van der Waals surface area contributed by atoms with Crippen LogP contribution in [-0.4, -0.2) is 23.7 Å². The summed E-state index contributed by atoms with van der Waals surface area (Å²) in [6, 6.07) is 9.46. The van der Waals surface area contributed by atoms with Crippen molar-refractivity contribution in [1.82, 2.24) is 0 Å². The average Bonchev–Trinajstić information content (AvgIpc) is 2.88. The molecular weight excluding hydrogens is 384 g/mol. The molecule has 0 aliphatic carbocycles. The van der Waals surface area contributed by atoms with Crippen molar-refractivity contribution in [3.8, 4) is 5.75 Å². The van der Waals surface area contributed by atoms with Crippen LogP contribution < -0.4 is 9.64 Å². The Morgan fingerprint density at radius 1 is 1.04 bits per heavy atom. The lowest BCUT2D eigenvalue weighted by molar-refractivity contribution is -0.119.